The number of halogens is 2. The largest absolute Gasteiger partial charge is 0.324 e. The summed E-state index contributed by atoms with van der Waals surface area (Å²) >= 11 is 6.20. The predicted molar refractivity (Wildman–Crippen MR) is 120 cm³/mol. The Hall–Kier alpha value is -2.89. The third-order valence-corrected chi connectivity index (χ3v) is 7.86. The summed E-state index contributed by atoms with van der Waals surface area (Å²) in [7, 11) is -3.77. The minimum atomic E-state index is -3.77. The second kappa shape index (κ2) is 9.54. The van der Waals surface area contributed by atoms with Crippen molar-refractivity contribution in [2.45, 2.75) is 37.1 Å². The normalized spacial score (nSPS) is 15.5. The van der Waals surface area contributed by atoms with Gasteiger partial charge in [0.1, 0.15) is 22.6 Å². The summed E-state index contributed by atoms with van der Waals surface area (Å²) in [5.74, 6) is -0.418. The van der Waals surface area contributed by atoms with Gasteiger partial charge < -0.3 is 5.32 Å². The molecule has 1 aliphatic heterocycles. The van der Waals surface area contributed by atoms with E-state index in [4.69, 9.17) is 11.6 Å². The Bertz CT molecular complexity index is 1260. The molecule has 1 saturated heterocycles. The zero-order valence-corrected chi connectivity index (χ0v) is 19.4. The lowest BCUT2D eigenvalue weighted by Crippen LogP contribution is -2.30. The van der Waals surface area contributed by atoms with E-state index in [-0.39, 0.29) is 27.8 Å². The van der Waals surface area contributed by atoms with Crippen molar-refractivity contribution < 1.29 is 17.6 Å². The van der Waals surface area contributed by atoms with Crippen LogP contribution in [0.5, 0.6) is 0 Å². The SMILES string of the molecule is Cc1nnnn1C(Cc1ccc(F)cc1)C(=O)Nc1ccc(Cl)c(S(=O)(=O)N2CCCC2)c1. The van der Waals surface area contributed by atoms with E-state index in [2.05, 4.69) is 20.8 Å². The van der Waals surface area contributed by atoms with Crippen LogP contribution < -0.4 is 5.32 Å². The molecule has 1 fully saturated rings. The minimum Gasteiger partial charge on any atom is -0.324 e. The quantitative estimate of drug-likeness (QED) is 0.543. The molecule has 0 aliphatic carbocycles. The van der Waals surface area contributed by atoms with Crippen LogP contribution in [0, 0.1) is 12.7 Å². The van der Waals surface area contributed by atoms with E-state index in [0.717, 1.165) is 12.8 Å². The highest BCUT2D eigenvalue weighted by atomic mass is 35.5. The maximum absolute atomic E-state index is 13.3. The maximum Gasteiger partial charge on any atom is 0.249 e. The van der Waals surface area contributed by atoms with E-state index in [1.54, 1.807) is 19.1 Å². The van der Waals surface area contributed by atoms with Crippen molar-refractivity contribution in [3.8, 4) is 0 Å². The Morgan fingerprint density at radius 2 is 1.88 bits per heavy atom. The van der Waals surface area contributed by atoms with Gasteiger partial charge in [0.15, 0.2) is 0 Å². The van der Waals surface area contributed by atoms with Crippen molar-refractivity contribution in [1.82, 2.24) is 24.5 Å². The molecule has 0 bridgehead atoms. The molecule has 3 aromatic rings. The smallest absolute Gasteiger partial charge is 0.249 e. The molecule has 1 atom stereocenters. The molecule has 0 radical (unpaired) electrons. The van der Waals surface area contributed by atoms with E-state index in [1.165, 1.54) is 39.3 Å². The Kier molecular flexibility index (Phi) is 6.73. The number of aryl methyl sites for hydroxylation is 1. The first-order valence-corrected chi connectivity index (χ1v) is 12.2. The number of amides is 1. The number of hydrogen-bond donors (Lipinski definition) is 1. The summed E-state index contributed by atoms with van der Waals surface area (Å²) in [6.45, 7) is 2.54. The standard InChI is InChI=1S/C21H22ClFN6O3S/c1-14-25-26-27-29(14)19(12-15-4-6-16(23)7-5-15)21(30)24-17-8-9-18(22)20(13-17)33(31,32)28-10-2-3-11-28/h4-9,13,19H,2-3,10-12H2,1H3,(H,24,30). The molecule has 1 unspecified atom stereocenters. The monoisotopic (exact) mass is 492 g/mol. The molecule has 0 saturated carbocycles. The number of sulfonamides is 1. The Morgan fingerprint density at radius 3 is 2.52 bits per heavy atom. The first-order valence-electron chi connectivity index (χ1n) is 10.3. The van der Waals surface area contributed by atoms with Gasteiger partial charge in [0.2, 0.25) is 15.9 Å². The lowest BCUT2D eigenvalue weighted by atomic mass is 10.0. The van der Waals surface area contributed by atoms with Crippen LogP contribution in [0.4, 0.5) is 10.1 Å². The van der Waals surface area contributed by atoms with E-state index in [9.17, 15) is 17.6 Å². The molecule has 1 amide bonds. The first-order chi connectivity index (χ1) is 15.8. The highest BCUT2D eigenvalue weighted by Crippen LogP contribution is 2.30. The van der Waals surface area contributed by atoms with Crippen molar-refractivity contribution in [1.29, 1.82) is 0 Å². The van der Waals surface area contributed by atoms with Crippen LogP contribution in [0.15, 0.2) is 47.4 Å². The van der Waals surface area contributed by atoms with Gasteiger partial charge in [0, 0.05) is 25.2 Å². The van der Waals surface area contributed by atoms with Gasteiger partial charge in [0.25, 0.3) is 0 Å². The third kappa shape index (κ3) is 5.05. The summed E-state index contributed by atoms with van der Waals surface area (Å²) < 4.78 is 42.1. The number of nitrogens with zero attached hydrogens (tertiary/aromatic N) is 5. The van der Waals surface area contributed by atoms with Gasteiger partial charge in [-0.2, -0.15) is 4.31 Å². The lowest BCUT2D eigenvalue weighted by molar-refractivity contribution is -0.119. The highest BCUT2D eigenvalue weighted by molar-refractivity contribution is 7.89. The topological polar surface area (TPSA) is 110 Å². The lowest BCUT2D eigenvalue weighted by Gasteiger charge is -2.19. The molecular formula is C21H22ClFN6O3S. The summed E-state index contributed by atoms with van der Waals surface area (Å²) in [6.07, 6.45) is 1.79. The molecule has 33 heavy (non-hydrogen) atoms. The van der Waals surface area contributed by atoms with Crippen molar-refractivity contribution in [3.63, 3.8) is 0 Å². The van der Waals surface area contributed by atoms with Crippen molar-refractivity contribution in [3.05, 3.63) is 64.7 Å². The summed E-state index contributed by atoms with van der Waals surface area (Å²) in [4.78, 5) is 13.2. The number of anilines is 1. The zero-order valence-electron chi connectivity index (χ0n) is 17.8. The van der Waals surface area contributed by atoms with E-state index in [0.29, 0.717) is 24.5 Å². The average Bonchev–Trinajstić information content (AvgIpc) is 3.47. The van der Waals surface area contributed by atoms with Crippen LogP contribution in [0.1, 0.15) is 30.3 Å². The number of tetrazole rings is 1. The summed E-state index contributed by atoms with van der Waals surface area (Å²) in [5.41, 5.74) is 0.983. The van der Waals surface area contributed by atoms with Gasteiger partial charge in [-0.15, -0.1) is 5.10 Å². The van der Waals surface area contributed by atoms with Gasteiger partial charge in [-0.3, -0.25) is 4.79 Å². The Labute approximate surface area is 195 Å². The third-order valence-electron chi connectivity index (χ3n) is 5.48. The van der Waals surface area contributed by atoms with Gasteiger partial charge in [-0.05, 0) is 66.1 Å². The molecule has 1 aliphatic rings. The van der Waals surface area contributed by atoms with E-state index < -0.39 is 22.0 Å². The van der Waals surface area contributed by atoms with Crippen molar-refractivity contribution >= 4 is 33.2 Å². The Morgan fingerprint density at radius 1 is 1.18 bits per heavy atom. The van der Waals surface area contributed by atoms with Crippen molar-refractivity contribution in [2.75, 3.05) is 18.4 Å². The van der Waals surface area contributed by atoms with E-state index in [1.807, 2.05) is 0 Å². The summed E-state index contributed by atoms with van der Waals surface area (Å²) in [6, 6.07) is 9.27. The fraction of sp³-hybridized carbons (Fsp3) is 0.333. The number of aromatic nitrogens is 4. The van der Waals surface area contributed by atoms with Crippen LogP contribution in [0.2, 0.25) is 5.02 Å². The second-order valence-corrected chi connectivity index (χ2v) is 10.1. The molecule has 174 valence electrons. The molecule has 9 nitrogen and oxygen atoms in total. The molecule has 2 aromatic carbocycles. The average molecular weight is 493 g/mol. The summed E-state index contributed by atoms with van der Waals surface area (Å²) in [5, 5.41) is 14.2. The predicted octanol–water partition coefficient (Wildman–Crippen LogP) is 2.98. The van der Waals surface area contributed by atoms with Gasteiger partial charge in [-0.25, -0.2) is 17.5 Å². The van der Waals surface area contributed by atoms with Crippen LogP contribution >= 0.6 is 11.6 Å². The number of carbonyl (C=O) groups excluding carboxylic acids is 1. The van der Waals surface area contributed by atoms with Crippen molar-refractivity contribution in [2.24, 2.45) is 0 Å². The molecule has 0 spiro atoms. The Balaban J connectivity index is 1.61. The number of rotatable bonds is 7. The van der Waals surface area contributed by atoms with Crippen LogP contribution in [0.3, 0.4) is 0 Å². The second-order valence-electron chi connectivity index (χ2n) is 7.76. The fourth-order valence-corrected chi connectivity index (χ4v) is 5.75. The minimum absolute atomic E-state index is 0.0578. The van der Waals surface area contributed by atoms with Crippen LogP contribution in [0.25, 0.3) is 0 Å². The van der Waals surface area contributed by atoms with Gasteiger partial charge in [-0.1, -0.05) is 23.7 Å². The number of benzene rings is 2. The first kappa shape index (κ1) is 23.3. The van der Waals surface area contributed by atoms with Crippen LogP contribution in [-0.4, -0.2) is 51.9 Å². The van der Waals surface area contributed by atoms with Gasteiger partial charge >= 0.3 is 0 Å². The highest BCUT2D eigenvalue weighted by Gasteiger charge is 2.30. The fourth-order valence-electron chi connectivity index (χ4n) is 3.73. The van der Waals surface area contributed by atoms with Gasteiger partial charge in [0.05, 0.1) is 5.02 Å². The molecule has 1 N–H and O–H groups in total. The molecule has 12 heteroatoms. The molecular weight excluding hydrogens is 471 g/mol. The number of hydrogen-bond acceptors (Lipinski definition) is 6. The zero-order chi connectivity index (χ0) is 23.6. The molecule has 4 rings (SSSR count). The molecule has 1 aromatic heterocycles. The number of carbonyl (C=O) groups is 1. The van der Waals surface area contributed by atoms with E-state index >= 15 is 0 Å². The van der Waals surface area contributed by atoms with Crippen LogP contribution in [-0.2, 0) is 21.2 Å². The maximum atomic E-state index is 13.3. The number of nitrogens with one attached hydrogen (secondary N) is 1. The molecule has 2 heterocycles.